The Morgan fingerprint density at radius 2 is 1.86 bits per heavy atom. The van der Waals surface area contributed by atoms with Gasteiger partial charge in [-0.3, -0.25) is 5.10 Å². The Morgan fingerprint density at radius 3 is 2.62 bits per heavy atom. The molecule has 2 aliphatic rings. The molecule has 0 bridgehead atoms. The zero-order valence-electron chi connectivity index (χ0n) is 17.0. The lowest BCUT2D eigenvalue weighted by Crippen LogP contribution is -2.43. The standard InChI is InChI=1S/C22H27N7/c1-14(2)21-20-17(27-28-21)6-3-15-4-7-19(26-22(15)20)25-18-8-5-16(13-24-18)29-11-9-23-10-12-29/h4-5,7-8,13-14,23H,3,6,9-12H2,1-2H3,(H,27,28)(H,24,25,26). The maximum Gasteiger partial charge on any atom is 0.132 e. The van der Waals surface area contributed by atoms with E-state index in [4.69, 9.17) is 4.98 Å². The molecule has 7 nitrogen and oxygen atoms in total. The molecule has 0 amide bonds. The Balaban J connectivity index is 1.40. The molecule has 3 aromatic heterocycles. The van der Waals surface area contributed by atoms with Crippen molar-refractivity contribution in [1.82, 2.24) is 25.5 Å². The lowest BCUT2D eigenvalue weighted by atomic mass is 9.90. The highest BCUT2D eigenvalue weighted by atomic mass is 15.2. The first-order valence-electron chi connectivity index (χ1n) is 10.4. The van der Waals surface area contributed by atoms with Crippen molar-refractivity contribution in [1.29, 1.82) is 0 Å². The van der Waals surface area contributed by atoms with E-state index in [0.29, 0.717) is 5.92 Å². The molecule has 0 aromatic carbocycles. The van der Waals surface area contributed by atoms with Gasteiger partial charge in [0.1, 0.15) is 11.6 Å². The monoisotopic (exact) mass is 389 g/mol. The topological polar surface area (TPSA) is 81.8 Å². The van der Waals surface area contributed by atoms with Gasteiger partial charge in [-0.15, -0.1) is 0 Å². The smallest absolute Gasteiger partial charge is 0.132 e. The molecule has 0 spiro atoms. The minimum Gasteiger partial charge on any atom is -0.368 e. The second-order valence-corrected chi connectivity index (χ2v) is 8.08. The number of nitrogens with one attached hydrogen (secondary N) is 3. The van der Waals surface area contributed by atoms with Crippen LogP contribution in [0.3, 0.4) is 0 Å². The van der Waals surface area contributed by atoms with Crippen molar-refractivity contribution in [3.63, 3.8) is 0 Å². The largest absolute Gasteiger partial charge is 0.368 e. The molecule has 29 heavy (non-hydrogen) atoms. The van der Waals surface area contributed by atoms with Crippen molar-refractivity contribution in [3.8, 4) is 11.3 Å². The van der Waals surface area contributed by atoms with E-state index in [9.17, 15) is 0 Å². The Labute approximate surface area is 171 Å². The fraction of sp³-hybridized carbons (Fsp3) is 0.409. The molecule has 0 atom stereocenters. The van der Waals surface area contributed by atoms with Gasteiger partial charge in [0.25, 0.3) is 0 Å². The van der Waals surface area contributed by atoms with Gasteiger partial charge in [0, 0.05) is 37.4 Å². The number of fused-ring (bicyclic) bond motifs is 3. The maximum atomic E-state index is 4.95. The van der Waals surface area contributed by atoms with Gasteiger partial charge in [0.2, 0.25) is 0 Å². The lowest BCUT2D eigenvalue weighted by Gasteiger charge is -2.29. The van der Waals surface area contributed by atoms with Crippen LogP contribution in [0.2, 0.25) is 0 Å². The van der Waals surface area contributed by atoms with Crippen molar-refractivity contribution in [3.05, 3.63) is 47.4 Å². The quantitative estimate of drug-likeness (QED) is 0.636. The lowest BCUT2D eigenvalue weighted by molar-refractivity contribution is 0.589. The summed E-state index contributed by atoms with van der Waals surface area (Å²) < 4.78 is 0. The number of aryl methyl sites for hydroxylation is 2. The third-order valence-corrected chi connectivity index (χ3v) is 5.78. The molecule has 1 aliphatic heterocycles. The summed E-state index contributed by atoms with van der Waals surface area (Å²) in [6.45, 7) is 8.46. The van der Waals surface area contributed by atoms with E-state index in [1.165, 1.54) is 22.5 Å². The van der Waals surface area contributed by atoms with Crippen molar-refractivity contribution >= 4 is 17.3 Å². The highest BCUT2D eigenvalue weighted by Gasteiger charge is 2.25. The van der Waals surface area contributed by atoms with E-state index >= 15 is 0 Å². The molecule has 3 N–H and O–H groups in total. The van der Waals surface area contributed by atoms with E-state index in [1.54, 1.807) is 0 Å². The van der Waals surface area contributed by atoms with Crippen molar-refractivity contribution in [2.75, 3.05) is 36.4 Å². The van der Waals surface area contributed by atoms with Crippen LogP contribution < -0.4 is 15.5 Å². The maximum absolute atomic E-state index is 4.95. The first kappa shape index (κ1) is 18.1. The number of hydrogen-bond acceptors (Lipinski definition) is 6. The number of anilines is 3. The van der Waals surface area contributed by atoms with Crippen LogP contribution in [0.15, 0.2) is 30.5 Å². The van der Waals surface area contributed by atoms with Crippen LogP contribution in [0.4, 0.5) is 17.3 Å². The zero-order chi connectivity index (χ0) is 19.8. The van der Waals surface area contributed by atoms with Crippen LogP contribution in [0, 0.1) is 0 Å². The Morgan fingerprint density at radius 1 is 1.03 bits per heavy atom. The summed E-state index contributed by atoms with van der Waals surface area (Å²) in [7, 11) is 0. The normalized spacial score (nSPS) is 15.9. The number of H-pyrrole nitrogens is 1. The van der Waals surface area contributed by atoms with Crippen molar-refractivity contribution in [2.45, 2.75) is 32.6 Å². The van der Waals surface area contributed by atoms with Gasteiger partial charge in [-0.1, -0.05) is 19.9 Å². The highest BCUT2D eigenvalue weighted by Crippen LogP contribution is 2.37. The molecule has 0 saturated carbocycles. The number of piperazine rings is 1. The Kier molecular flexibility index (Phi) is 4.67. The number of aromatic amines is 1. The third-order valence-electron chi connectivity index (χ3n) is 5.78. The molecule has 1 aliphatic carbocycles. The first-order valence-corrected chi connectivity index (χ1v) is 10.4. The van der Waals surface area contributed by atoms with Crippen molar-refractivity contribution in [2.24, 2.45) is 0 Å². The Hall–Kier alpha value is -2.93. The van der Waals surface area contributed by atoms with E-state index in [-0.39, 0.29) is 0 Å². The van der Waals surface area contributed by atoms with Crippen LogP contribution in [0.5, 0.6) is 0 Å². The minimum atomic E-state index is 0.384. The van der Waals surface area contributed by atoms with E-state index < -0.39 is 0 Å². The predicted octanol–water partition coefficient (Wildman–Crippen LogP) is 3.24. The van der Waals surface area contributed by atoms with Crippen LogP contribution >= 0.6 is 0 Å². The van der Waals surface area contributed by atoms with E-state index in [1.807, 2.05) is 18.3 Å². The fourth-order valence-corrected chi connectivity index (χ4v) is 4.19. The molecule has 3 aromatic rings. The summed E-state index contributed by atoms with van der Waals surface area (Å²) in [5.41, 5.74) is 6.99. The van der Waals surface area contributed by atoms with Gasteiger partial charge in [0.05, 0.1) is 23.3 Å². The van der Waals surface area contributed by atoms with Gasteiger partial charge in [-0.05, 0) is 42.5 Å². The SMILES string of the molecule is CC(C)c1[nH]nc2c1-c1nc(Nc3ccc(N4CCNCC4)cn3)ccc1CC2. The summed E-state index contributed by atoms with van der Waals surface area (Å²) in [5.74, 6) is 2.01. The molecule has 4 heterocycles. The van der Waals surface area contributed by atoms with Gasteiger partial charge in [-0.2, -0.15) is 5.10 Å². The van der Waals surface area contributed by atoms with Crippen molar-refractivity contribution < 1.29 is 0 Å². The second kappa shape index (κ2) is 7.48. The number of aromatic nitrogens is 4. The van der Waals surface area contributed by atoms with Crippen LogP contribution in [0.25, 0.3) is 11.3 Å². The van der Waals surface area contributed by atoms with E-state index in [0.717, 1.165) is 62.0 Å². The van der Waals surface area contributed by atoms with Crippen LogP contribution in [0.1, 0.15) is 36.7 Å². The molecule has 7 heteroatoms. The van der Waals surface area contributed by atoms with Crippen LogP contribution in [-0.2, 0) is 12.8 Å². The highest BCUT2D eigenvalue weighted by molar-refractivity contribution is 5.73. The summed E-state index contributed by atoms with van der Waals surface area (Å²) in [6, 6.07) is 8.39. The number of hydrogen-bond donors (Lipinski definition) is 3. The third kappa shape index (κ3) is 3.46. The Bertz CT molecular complexity index is 1000. The van der Waals surface area contributed by atoms with E-state index in [2.05, 4.69) is 56.7 Å². The first-order chi connectivity index (χ1) is 14.2. The van der Waals surface area contributed by atoms with Gasteiger partial charge < -0.3 is 15.5 Å². The predicted molar refractivity (Wildman–Crippen MR) is 116 cm³/mol. The zero-order valence-corrected chi connectivity index (χ0v) is 17.0. The summed E-state index contributed by atoms with van der Waals surface area (Å²) in [6.07, 6.45) is 3.89. The number of pyridine rings is 2. The van der Waals surface area contributed by atoms with Gasteiger partial charge in [-0.25, -0.2) is 9.97 Å². The van der Waals surface area contributed by atoms with Gasteiger partial charge in [0.15, 0.2) is 0 Å². The van der Waals surface area contributed by atoms with Gasteiger partial charge >= 0.3 is 0 Å². The molecule has 1 saturated heterocycles. The average molecular weight is 390 g/mol. The second-order valence-electron chi connectivity index (χ2n) is 8.08. The summed E-state index contributed by atoms with van der Waals surface area (Å²) in [4.78, 5) is 11.9. The average Bonchev–Trinajstić information content (AvgIpc) is 3.20. The molecule has 5 rings (SSSR count). The molecular weight excluding hydrogens is 362 g/mol. The number of rotatable bonds is 4. The fourth-order valence-electron chi connectivity index (χ4n) is 4.19. The molecule has 0 unspecified atom stereocenters. The summed E-state index contributed by atoms with van der Waals surface area (Å²) in [5, 5.41) is 14.5. The minimum absolute atomic E-state index is 0.384. The molecule has 150 valence electrons. The van der Waals surface area contributed by atoms with Crippen LogP contribution in [-0.4, -0.2) is 46.3 Å². The molecule has 1 fully saturated rings. The molecule has 0 radical (unpaired) electrons. The number of nitrogens with zero attached hydrogens (tertiary/aromatic N) is 4. The molecular formula is C22H27N7. The summed E-state index contributed by atoms with van der Waals surface area (Å²) >= 11 is 0.